The summed E-state index contributed by atoms with van der Waals surface area (Å²) in [4.78, 5) is 30.7. The molecule has 1 unspecified atom stereocenters. The van der Waals surface area contributed by atoms with Gasteiger partial charge in [0.15, 0.2) is 0 Å². The number of nitrogens with one attached hydrogen (secondary N) is 2. The molecule has 28 heavy (non-hydrogen) atoms. The van der Waals surface area contributed by atoms with Crippen LogP contribution in [0.3, 0.4) is 0 Å². The Morgan fingerprint density at radius 1 is 1.07 bits per heavy atom. The Morgan fingerprint density at radius 3 is 2.25 bits per heavy atom. The SMILES string of the molecule is CN1CCN(C(CNC(=O)C(=O)NCCCO)c2ccc(N(C)C)cc2)CC1. The molecule has 1 atom stereocenters. The third-order valence-corrected chi connectivity index (χ3v) is 5.06. The molecule has 1 saturated heterocycles. The van der Waals surface area contributed by atoms with Crippen LogP contribution in [0.2, 0.25) is 0 Å². The number of hydrogen-bond acceptors (Lipinski definition) is 6. The number of piperazine rings is 1. The van der Waals surface area contributed by atoms with Gasteiger partial charge in [0.05, 0.1) is 6.04 Å². The summed E-state index contributed by atoms with van der Waals surface area (Å²) in [6, 6.07) is 8.33. The first-order valence-corrected chi connectivity index (χ1v) is 9.79. The molecular weight excluding hydrogens is 358 g/mol. The molecule has 1 aliphatic rings. The minimum Gasteiger partial charge on any atom is -0.396 e. The average molecular weight is 392 g/mol. The van der Waals surface area contributed by atoms with Gasteiger partial charge in [0, 0.05) is 65.7 Å². The van der Waals surface area contributed by atoms with Crippen LogP contribution in [0, 0.1) is 0 Å². The van der Waals surface area contributed by atoms with E-state index in [1.165, 1.54) is 0 Å². The molecule has 1 aliphatic heterocycles. The smallest absolute Gasteiger partial charge is 0.309 e. The number of nitrogens with zero attached hydrogens (tertiary/aromatic N) is 3. The molecule has 3 N–H and O–H groups in total. The van der Waals surface area contributed by atoms with Crippen molar-refractivity contribution < 1.29 is 14.7 Å². The average Bonchev–Trinajstić information content (AvgIpc) is 2.69. The Balaban J connectivity index is 2.04. The molecule has 2 rings (SSSR count). The molecule has 0 aromatic heterocycles. The predicted octanol–water partition coefficient (Wildman–Crippen LogP) is -0.344. The highest BCUT2D eigenvalue weighted by Gasteiger charge is 2.25. The molecule has 2 amide bonds. The van der Waals surface area contributed by atoms with E-state index in [1.54, 1.807) is 0 Å². The molecule has 0 spiro atoms. The highest BCUT2D eigenvalue weighted by Crippen LogP contribution is 2.24. The van der Waals surface area contributed by atoms with Gasteiger partial charge in [-0.1, -0.05) is 12.1 Å². The molecule has 0 saturated carbocycles. The van der Waals surface area contributed by atoms with Crippen molar-refractivity contribution in [3.63, 3.8) is 0 Å². The first-order chi connectivity index (χ1) is 13.4. The van der Waals surface area contributed by atoms with Gasteiger partial charge in [-0.25, -0.2) is 0 Å². The number of anilines is 1. The van der Waals surface area contributed by atoms with Gasteiger partial charge in [-0.2, -0.15) is 0 Å². The van der Waals surface area contributed by atoms with Gasteiger partial charge in [-0.3, -0.25) is 14.5 Å². The third kappa shape index (κ3) is 6.47. The zero-order valence-corrected chi connectivity index (χ0v) is 17.1. The molecule has 1 heterocycles. The lowest BCUT2D eigenvalue weighted by atomic mass is 10.0. The van der Waals surface area contributed by atoms with Gasteiger partial charge < -0.3 is 25.5 Å². The van der Waals surface area contributed by atoms with Gasteiger partial charge in [0.2, 0.25) is 0 Å². The first kappa shape index (κ1) is 22.1. The van der Waals surface area contributed by atoms with E-state index in [1.807, 2.05) is 19.0 Å². The molecule has 156 valence electrons. The van der Waals surface area contributed by atoms with Crippen molar-refractivity contribution in [1.82, 2.24) is 20.4 Å². The zero-order chi connectivity index (χ0) is 20.5. The number of carbonyl (C=O) groups excluding carboxylic acids is 2. The number of hydrogen-bond donors (Lipinski definition) is 3. The predicted molar refractivity (Wildman–Crippen MR) is 110 cm³/mol. The maximum atomic E-state index is 12.1. The van der Waals surface area contributed by atoms with E-state index in [9.17, 15) is 9.59 Å². The first-order valence-electron chi connectivity index (χ1n) is 9.79. The summed E-state index contributed by atoms with van der Waals surface area (Å²) in [5, 5.41) is 14.1. The maximum absolute atomic E-state index is 12.1. The van der Waals surface area contributed by atoms with Gasteiger partial charge >= 0.3 is 11.8 Å². The van der Waals surface area contributed by atoms with E-state index in [0.717, 1.165) is 37.4 Å². The number of likely N-dealkylation sites (N-methyl/N-ethyl adjacent to an activating group) is 1. The Labute approximate surface area is 167 Å². The van der Waals surface area contributed by atoms with Crippen LogP contribution in [-0.2, 0) is 9.59 Å². The number of amides is 2. The van der Waals surface area contributed by atoms with Gasteiger partial charge in [-0.15, -0.1) is 0 Å². The Hall–Kier alpha value is -2.16. The van der Waals surface area contributed by atoms with Crippen LogP contribution < -0.4 is 15.5 Å². The summed E-state index contributed by atoms with van der Waals surface area (Å²) in [6.07, 6.45) is 0.432. The van der Waals surface area contributed by atoms with E-state index in [4.69, 9.17) is 5.11 Å². The summed E-state index contributed by atoms with van der Waals surface area (Å²) in [5.41, 5.74) is 2.24. The van der Waals surface area contributed by atoms with Crippen LogP contribution in [0.5, 0.6) is 0 Å². The van der Waals surface area contributed by atoms with Crippen LogP contribution in [0.25, 0.3) is 0 Å². The Kier molecular flexibility index (Phi) is 8.69. The second-order valence-electron chi connectivity index (χ2n) is 7.38. The minimum absolute atomic E-state index is 0.0131. The lowest BCUT2D eigenvalue weighted by molar-refractivity contribution is -0.139. The van der Waals surface area contributed by atoms with Crippen LogP contribution in [0.1, 0.15) is 18.0 Å². The number of benzene rings is 1. The fourth-order valence-electron chi connectivity index (χ4n) is 3.22. The van der Waals surface area contributed by atoms with E-state index in [-0.39, 0.29) is 19.2 Å². The van der Waals surface area contributed by atoms with Crippen molar-refractivity contribution in [2.45, 2.75) is 12.5 Å². The largest absolute Gasteiger partial charge is 0.396 e. The highest BCUT2D eigenvalue weighted by atomic mass is 16.3. The van der Waals surface area contributed by atoms with Gasteiger partial charge in [-0.05, 0) is 31.2 Å². The van der Waals surface area contributed by atoms with Crippen LogP contribution >= 0.6 is 0 Å². The summed E-state index contributed by atoms with van der Waals surface area (Å²) in [7, 11) is 6.11. The van der Waals surface area contributed by atoms with Crippen molar-refractivity contribution in [2.75, 3.05) is 71.9 Å². The summed E-state index contributed by atoms with van der Waals surface area (Å²) < 4.78 is 0. The van der Waals surface area contributed by atoms with Crippen molar-refractivity contribution in [2.24, 2.45) is 0 Å². The van der Waals surface area contributed by atoms with Crippen molar-refractivity contribution in [1.29, 1.82) is 0 Å². The second-order valence-corrected chi connectivity index (χ2v) is 7.38. The fourth-order valence-corrected chi connectivity index (χ4v) is 3.22. The maximum Gasteiger partial charge on any atom is 0.309 e. The van der Waals surface area contributed by atoms with Crippen molar-refractivity contribution in [3.05, 3.63) is 29.8 Å². The molecule has 1 aromatic rings. The third-order valence-electron chi connectivity index (χ3n) is 5.06. The minimum atomic E-state index is -0.659. The molecule has 0 radical (unpaired) electrons. The number of aliphatic hydroxyl groups is 1. The quantitative estimate of drug-likeness (QED) is 0.415. The van der Waals surface area contributed by atoms with E-state index < -0.39 is 11.8 Å². The number of carbonyl (C=O) groups is 2. The normalized spacial score (nSPS) is 16.4. The summed E-state index contributed by atoms with van der Waals surface area (Å²) in [5.74, 6) is -1.30. The van der Waals surface area contributed by atoms with Crippen molar-refractivity contribution >= 4 is 17.5 Å². The molecular formula is C20H33N5O3. The highest BCUT2D eigenvalue weighted by molar-refractivity contribution is 6.35. The molecule has 0 aliphatic carbocycles. The fraction of sp³-hybridized carbons (Fsp3) is 0.600. The number of rotatable bonds is 8. The topological polar surface area (TPSA) is 88.1 Å². The van der Waals surface area contributed by atoms with E-state index >= 15 is 0 Å². The zero-order valence-electron chi connectivity index (χ0n) is 17.1. The van der Waals surface area contributed by atoms with Crippen LogP contribution in [0.15, 0.2) is 24.3 Å². The summed E-state index contributed by atoms with van der Waals surface area (Å²) >= 11 is 0. The molecule has 0 bridgehead atoms. The van der Waals surface area contributed by atoms with Crippen molar-refractivity contribution in [3.8, 4) is 0 Å². The molecule has 8 nitrogen and oxygen atoms in total. The molecule has 1 aromatic carbocycles. The molecule has 1 fully saturated rings. The van der Waals surface area contributed by atoms with Crippen LogP contribution in [-0.4, -0.2) is 93.7 Å². The lowest BCUT2D eigenvalue weighted by Gasteiger charge is -2.38. The monoisotopic (exact) mass is 391 g/mol. The summed E-state index contributed by atoms with van der Waals surface area (Å²) in [6.45, 7) is 4.41. The second kappa shape index (κ2) is 11.0. The lowest BCUT2D eigenvalue weighted by Crippen LogP contribution is -2.49. The standard InChI is InChI=1S/C20H33N5O3/c1-23(2)17-7-5-16(6-8-17)18(25-12-10-24(3)11-13-25)15-22-20(28)19(27)21-9-4-14-26/h5-8,18,26H,4,9-15H2,1-3H3,(H,21,27)(H,22,28). The van der Waals surface area contributed by atoms with E-state index in [0.29, 0.717) is 13.0 Å². The van der Waals surface area contributed by atoms with Crippen LogP contribution in [0.4, 0.5) is 5.69 Å². The van der Waals surface area contributed by atoms with E-state index in [2.05, 4.69) is 51.7 Å². The number of aliphatic hydroxyl groups excluding tert-OH is 1. The molecule has 8 heteroatoms. The van der Waals surface area contributed by atoms with Gasteiger partial charge in [0.1, 0.15) is 0 Å². The Bertz CT molecular complexity index is 627. The van der Waals surface area contributed by atoms with Gasteiger partial charge in [0.25, 0.3) is 0 Å². The Morgan fingerprint density at radius 2 is 1.68 bits per heavy atom.